The molecule has 10 nitrogen and oxygen atoms in total. The van der Waals surface area contributed by atoms with E-state index in [1.54, 1.807) is 25.1 Å². The van der Waals surface area contributed by atoms with Crippen molar-refractivity contribution in [1.29, 1.82) is 0 Å². The predicted octanol–water partition coefficient (Wildman–Crippen LogP) is 8.50. The van der Waals surface area contributed by atoms with Gasteiger partial charge >= 0.3 is 0 Å². The van der Waals surface area contributed by atoms with Crippen molar-refractivity contribution in [3.05, 3.63) is 114 Å². The van der Waals surface area contributed by atoms with Gasteiger partial charge in [0.1, 0.15) is 17.1 Å². The highest BCUT2D eigenvalue weighted by Gasteiger charge is 2.44. The van der Waals surface area contributed by atoms with Gasteiger partial charge in [0.2, 0.25) is 5.91 Å². The monoisotopic (exact) mass is 805 g/mol. The fourth-order valence-electron chi connectivity index (χ4n) is 6.61. The van der Waals surface area contributed by atoms with Gasteiger partial charge in [0, 0.05) is 25.1 Å². The molecule has 0 radical (unpaired) electrons. The fourth-order valence-corrected chi connectivity index (χ4v) is 6.61. The summed E-state index contributed by atoms with van der Waals surface area (Å²) in [4.78, 5) is 49.6. The molecule has 2 aromatic rings. The Balaban J connectivity index is 0.000000447. The number of aryl methyl sites for hydroxylation is 1. The summed E-state index contributed by atoms with van der Waals surface area (Å²) in [7, 11) is 0. The molecule has 320 valence electrons. The average molecular weight is 805 g/mol. The molecule has 0 saturated carbocycles. The number of rotatable bonds is 12. The van der Waals surface area contributed by atoms with Gasteiger partial charge in [-0.15, -0.1) is 6.58 Å². The number of hydrogen-bond acceptors (Lipinski definition) is 9. The summed E-state index contributed by atoms with van der Waals surface area (Å²) >= 11 is 0. The number of Topliss-reactive ketones (excluding diaryl/α,β-unsaturated/α-hetero) is 1. The van der Waals surface area contributed by atoms with Crippen molar-refractivity contribution < 1.29 is 33.8 Å². The third kappa shape index (κ3) is 18.4. The van der Waals surface area contributed by atoms with Gasteiger partial charge in [-0.1, -0.05) is 50.1 Å². The number of phenols is 1. The Kier molecular flexibility index (Phi) is 22.8. The molecule has 0 spiro atoms. The zero-order valence-electron chi connectivity index (χ0n) is 35.8. The summed E-state index contributed by atoms with van der Waals surface area (Å²) in [5.41, 5.74) is 8.62. The van der Waals surface area contributed by atoms with Gasteiger partial charge in [-0.05, 0) is 164 Å². The Morgan fingerprint density at radius 1 is 0.948 bits per heavy atom. The summed E-state index contributed by atoms with van der Waals surface area (Å²) in [5.74, 6) is 0.181. The quantitative estimate of drug-likeness (QED) is 0.0931. The number of piperidine rings is 2. The average Bonchev–Trinajstić information content (AvgIpc) is 3.18. The molecule has 1 atom stereocenters. The number of nitrogens with zero attached hydrogens (tertiary/aromatic N) is 2. The number of aliphatic hydroxyl groups is 1. The number of ketones is 3. The van der Waals surface area contributed by atoms with Gasteiger partial charge in [-0.25, -0.2) is 4.39 Å². The second-order valence-corrected chi connectivity index (χ2v) is 15.9. The predicted molar refractivity (Wildman–Crippen MR) is 233 cm³/mol. The molecular formula is C47H69FN4O6. The molecule has 11 heteroatoms. The molecule has 2 aromatic carbocycles. The standard InChI is InChI=1S/C21H30FN3O2.C10H14O.C10H18O.C6H4O2.H3N/c22-18-8-6-17(7-9-18)19(26)5-4-12-24-15-10-21(11-16-24,20(23)27)25-13-2-1-3-14-25;1-7(2)9-5-4-8(3)10(11)6-9;1-5-10(4,11)8-6-7-9(2)3;7-5-1-2-6(8)4-3-5;/h6-9H,1-5,10-16H2,(H2,23,27);4-7,11H,1-3H3;5,7,11H,1,6,8H2,2-4H3;1-4H;1H3. The van der Waals surface area contributed by atoms with E-state index in [9.17, 15) is 33.8 Å². The second-order valence-electron chi connectivity index (χ2n) is 15.9. The van der Waals surface area contributed by atoms with Crippen LogP contribution in [-0.4, -0.2) is 87.1 Å². The van der Waals surface area contributed by atoms with Gasteiger partial charge in [0.05, 0.1) is 5.60 Å². The van der Waals surface area contributed by atoms with Gasteiger partial charge in [0.25, 0.3) is 0 Å². The largest absolute Gasteiger partial charge is 0.508 e. The van der Waals surface area contributed by atoms with Crippen LogP contribution >= 0.6 is 0 Å². The molecule has 0 bridgehead atoms. The number of benzene rings is 2. The molecule has 0 aromatic heterocycles. The maximum atomic E-state index is 12.9. The Labute approximate surface area is 346 Å². The molecule has 2 heterocycles. The van der Waals surface area contributed by atoms with Crippen molar-refractivity contribution in [3.8, 4) is 5.75 Å². The number of halogens is 1. The Morgan fingerprint density at radius 2 is 1.50 bits per heavy atom. The second kappa shape index (κ2) is 25.7. The first-order valence-electron chi connectivity index (χ1n) is 20.2. The highest BCUT2D eigenvalue weighted by molar-refractivity contribution is 6.14. The van der Waals surface area contributed by atoms with Crippen molar-refractivity contribution in [2.75, 3.05) is 32.7 Å². The van der Waals surface area contributed by atoms with Crippen LogP contribution in [0.3, 0.4) is 0 Å². The van der Waals surface area contributed by atoms with E-state index >= 15 is 0 Å². The van der Waals surface area contributed by atoms with Crippen molar-refractivity contribution in [3.63, 3.8) is 0 Å². The van der Waals surface area contributed by atoms with Crippen molar-refractivity contribution in [1.82, 2.24) is 16.0 Å². The van der Waals surface area contributed by atoms with Crippen LogP contribution in [0, 0.1) is 12.7 Å². The van der Waals surface area contributed by atoms with Gasteiger partial charge in [-0.3, -0.25) is 24.1 Å². The van der Waals surface area contributed by atoms with E-state index in [1.165, 1.54) is 54.0 Å². The number of aromatic hydroxyl groups is 1. The van der Waals surface area contributed by atoms with Crippen molar-refractivity contribution in [2.24, 2.45) is 5.73 Å². The first kappa shape index (κ1) is 51.5. The Hall–Kier alpha value is -4.55. The molecule has 1 amide bonds. The first-order chi connectivity index (χ1) is 26.9. The topological polar surface area (TPSA) is 176 Å². The van der Waals surface area contributed by atoms with E-state index in [0.717, 1.165) is 83.2 Å². The highest BCUT2D eigenvalue weighted by Crippen LogP contribution is 2.32. The third-order valence-corrected chi connectivity index (χ3v) is 10.5. The summed E-state index contributed by atoms with van der Waals surface area (Å²) < 4.78 is 12.9. The molecule has 58 heavy (non-hydrogen) atoms. The lowest BCUT2D eigenvalue weighted by molar-refractivity contribution is -0.135. The van der Waals surface area contributed by atoms with Crippen LogP contribution < -0.4 is 11.9 Å². The number of likely N-dealkylation sites (tertiary alicyclic amines) is 2. The molecule has 2 aliphatic heterocycles. The third-order valence-electron chi connectivity index (χ3n) is 10.5. The summed E-state index contributed by atoms with van der Waals surface area (Å²) in [6.45, 7) is 20.0. The number of phenolic OH excluding ortho intramolecular Hbond substituents is 1. The van der Waals surface area contributed by atoms with Gasteiger partial charge in [-0.2, -0.15) is 0 Å². The molecule has 5 rings (SSSR count). The normalized spacial score (nSPS) is 17.1. The van der Waals surface area contributed by atoms with Crippen molar-refractivity contribution in [2.45, 2.75) is 116 Å². The minimum absolute atomic E-state index is 0. The lowest BCUT2D eigenvalue weighted by atomic mass is 9.83. The summed E-state index contributed by atoms with van der Waals surface area (Å²) in [6.07, 6.45) is 16.7. The first-order valence-corrected chi connectivity index (χ1v) is 20.2. The van der Waals surface area contributed by atoms with E-state index in [-0.39, 0.29) is 35.2 Å². The zero-order chi connectivity index (χ0) is 42.6. The molecule has 2 saturated heterocycles. The van der Waals surface area contributed by atoms with Gasteiger partial charge in [0.15, 0.2) is 17.3 Å². The summed E-state index contributed by atoms with van der Waals surface area (Å²) in [6, 6.07) is 11.6. The van der Waals surface area contributed by atoms with Crippen LogP contribution in [0.15, 0.2) is 91.1 Å². The maximum Gasteiger partial charge on any atom is 0.238 e. The molecule has 7 N–H and O–H groups in total. The molecule has 3 aliphatic rings. The van der Waals surface area contributed by atoms with Crippen LogP contribution in [0.4, 0.5) is 4.39 Å². The van der Waals surface area contributed by atoms with E-state index in [0.29, 0.717) is 23.7 Å². The van der Waals surface area contributed by atoms with E-state index in [2.05, 4.69) is 56.2 Å². The Morgan fingerprint density at radius 3 is 1.97 bits per heavy atom. The van der Waals surface area contributed by atoms with E-state index in [4.69, 9.17) is 5.73 Å². The number of amides is 1. The molecule has 1 unspecified atom stereocenters. The maximum absolute atomic E-state index is 12.9. The number of nitrogens with two attached hydrogens (primary N) is 1. The van der Waals surface area contributed by atoms with Crippen LogP contribution in [0.1, 0.15) is 120 Å². The van der Waals surface area contributed by atoms with Crippen LogP contribution in [0.25, 0.3) is 0 Å². The smallest absolute Gasteiger partial charge is 0.238 e. The Bertz CT molecular complexity index is 1670. The number of carbonyl (C=O) groups is 4. The number of primary amides is 1. The van der Waals surface area contributed by atoms with Crippen LogP contribution in [0.5, 0.6) is 5.75 Å². The number of hydrogen-bond donors (Lipinski definition) is 4. The van der Waals surface area contributed by atoms with E-state index < -0.39 is 11.1 Å². The van der Waals surface area contributed by atoms with Gasteiger partial charge < -0.3 is 27.0 Å². The van der Waals surface area contributed by atoms with Crippen LogP contribution in [-0.2, 0) is 14.4 Å². The molecule has 2 fully saturated rings. The molecule has 1 aliphatic carbocycles. The minimum Gasteiger partial charge on any atom is -0.508 e. The number of allylic oxidation sites excluding steroid dienone is 6. The molecular weight excluding hydrogens is 736 g/mol. The lowest BCUT2D eigenvalue weighted by Gasteiger charge is -2.48. The van der Waals surface area contributed by atoms with Crippen molar-refractivity contribution >= 4 is 23.3 Å². The number of carbonyl (C=O) groups excluding carboxylic acids is 4. The zero-order valence-corrected chi connectivity index (χ0v) is 35.8. The van der Waals surface area contributed by atoms with E-state index in [1.807, 2.05) is 19.1 Å². The SMILES string of the molecule is C=CC(C)(O)CCC=C(C)C.Cc1ccc(C(C)C)cc1O.N.NC(=O)C1(N2CCCCC2)CCN(CCCC(=O)c2ccc(F)cc2)CC1.O=C1C=CC(=O)C=C1. The fraction of sp³-hybridized carbons (Fsp3) is 0.489. The lowest BCUT2D eigenvalue weighted by Crippen LogP contribution is -2.63. The van der Waals surface area contributed by atoms with Crippen LogP contribution in [0.2, 0.25) is 0 Å². The highest BCUT2D eigenvalue weighted by atomic mass is 19.1. The summed E-state index contributed by atoms with van der Waals surface area (Å²) in [5, 5.41) is 18.8. The minimum atomic E-state index is -0.702.